The second kappa shape index (κ2) is 6.23. The van der Waals surface area contributed by atoms with E-state index in [1.165, 1.54) is 0 Å². The van der Waals surface area contributed by atoms with Gasteiger partial charge in [0, 0.05) is 31.3 Å². The molecule has 4 heteroatoms. The van der Waals surface area contributed by atoms with Gasteiger partial charge >= 0.3 is 0 Å². The minimum Gasteiger partial charge on any atom is -0.489 e. The fourth-order valence-corrected chi connectivity index (χ4v) is 1.26. The summed E-state index contributed by atoms with van der Waals surface area (Å²) in [5.74, 6) is -1.08. The molecule has 2 nitrogen and oxygen atoms in total. The first-order valence-corrected chi connectivity index (χ1v) is 5.06. The van der Waals surface area contributed by atoms with Crippen molar-refractivity contribution in [2.45, 2.75) is 13.0 Å². The van der Waals surface area contributed by atoms with Crippen LogP contribution in [0, 0.1) is 11.6 Å². The topological polar surface area (TPSA) is 21.3 Å². The fourth-order valence-electron chi connectivity index (χ4n) is 1.26. The highest BCUT2D eigenvalue weighted by Crippen LogP contribution is 2.16. The van der Waals surface area contributed by atoms with Gasteiger partial charge < -0.3 is 10.1 Å². The number of rotatable bonds is 6. The molecular weight excluding hydrogens is 212 g/mol. The molecule has 0 spiro atoms. The van der Waals surface area contributed by atoms with Crippen molar-refractivity contribution in [1.82, 2.24) is 5.32 Å². The maximum absolute atomic E-state index is 12.8. The Balaban J connectivity index is 2.48. The van der Waals surface area contributed by atoms with Crippen LogP contribution in [0.25, 0.3) is 0 Å². The number of ether oxygens (including phenoxy) is 1. The van der Waals surface area contributed by atoms with Crippen molar-refractivity contribution >= 4 is 0 Å². The lowest BCUT2D eigenvalue weighted by molar-refractivity contribution is 0.217. The van der Waals surface area contributed by atoms with Crippen molar-refractivity contribution in [2.75, 3.05) is 13.1 Å². The molecule has 0 radical (unpaired) electrons. The van der Waals surface area contributed by atoms with Crippen LogP contribution in [0.15, 0.2) is 30.9 Å². The number of nitrogens with one attached hydrogen (secondary N) is 1. The van der Waals surface area contributed by atoms with E-state index < -0.39 is 11.6 Å². The number of benzene rings is 1. The monoisotopic (exact) mass is 227 g/mol. The minimum atomic E-state index is -0.638. The van der Waals surface area contributed by atoms with Gasteiger partial charge in [-0.25, -0.2) is 8.78 Å². The van der Waals surface area contributed by atoms with Crippen molar-refractivity contribution in [2.24, 2.45) is 0 Å². The average Bonchev–Trinajstić information content (AvgIpc) is 2.16. The van der Waals surface area contributed by atoms with Gasteiger partial charge in [0.1, 0.15) is 23.5 Å². The molecule has 0 saturated carbocycles. The molecule has 1 unspecified atom stereocenters. The second-order valence-electron chi connectivity index (χ2n) is 3.48. The normalized spacial score (nSPS) is 12.2. The largest absolute Gasteiger partial charge is 0.489 e. The van der Waals surface area contributed by atoms with E-state index in [4.69, 9.17) is 4.74 Å². The Bertz CT molecular complexity index is 335. The lowest BCUT2D eigenvalue weighted by atomic mass is 10.3. The maximum atomic E-state index is 12.8. The summed E-state index contributed by atoms with van der Waals surface area (Å²) in [5, 5.41) is 3.05. The highest BCUT2D eigenvalue weighted by Gasteiger charge is 2.06. The summed E-state index contributed by atoms with van der Waals surface area (Å²) in [4.78, 5) is 0. The van der Waals surface area contributed by atoms with Crippen molar-refractivity contribution in [3.05, 3.63) is 42.5 Å². The summed E-state index contributed by atoms with van der Waals surface area (Å²) >= 11 is 0. The molecule has 16 heavy (non-hydrogen) atoms. The minimum absolute atomic E-state index is 0.166. The molecule has 0 aliphatic heterocycles. The van der Waals surface area contributed by atoms with Crippen molar-refractivity contribution < 1.29 is 13.5 Å². The second-order valence-corrected chi connectivity index (χ2v) is 3.48. The van der Waals surface area contributed by atoms with Crippen LogP contribution in [-0.4, -0.2) is 19.2 Å². The van der Waals surface area contributed by atoms with Crippen LogP contribution < -0.4 is 10.1 Å². The predicted molar refractivity (Wildman–Crippen MR) is 59.5 cm³/mol. The van der Waals surface area contributed by atoms with Crippen LogP contribution >= 0.6 is 0 Å². The Labute approximate surface area is 93.9 Å². The maximum Gasteiger partial charge on any atom is 0.129 e. The average molecular weight is 227 g/mol. The molecule has 0 bridgehead atoms. The standard InChI is InChI=1S/C12H15F2NO/c1-3-4-15-8-9(2)16-12-6-10(13)5-11(14)7-12/h3,5-7,9,15H,1,4,8H2,2H3. The van der Waals surface area contributed by atoms with Crippen LogP contribution in [0.3, 0.4) is 0 Å². The van der Waals surface area contributed by atoms with Gasteiger partial charge in [-0.2, -0.15) is 0 Å². The molecular formula is C12H15F2NO. The Morgan fingerprint density at radius 2 is 2.00 bits per heavy atom. The van der Waals surface area contributed by atoms with E-state index in [1.54, 1.807) is 6.08 Å². The van der Waals surface area contributed by atoms with E-state index in [-0.39, 0.29) is 11.9 Å². The summed E-state index contributed by atoms with van der Waals surface area (Å²) in [7, 11) is 0. The molecule has 88 valence electrons. The highest BCUT2D eigenvalue weighted by molar-refractivity contribution is 5.24. The first-order chi connectivity index (χ1) is 7.61. The lowest BCUT2D eigenvalue weighted by Crippen LogP contribution is -2.29. The Morgan fingerprint density at radius 3 is 2.56 bits per heavy atom. The molecule has 0 saturated heterocycles. The van der Waals surface area contributed by atoms with E-state index in [0.717, 1.165) is 18.2 Å². The van der Waals surface area contributed by atoms with Gasteiger partial charge in [-0.1, -0.05) is 6.08 Å². The van der Waals surface area contributed by atoms with Gasteiger partial charge in [0.25, 0.3) is 0 Å². The molecule has 1 aromatic rings. The molecule has 0 aliphatic rings. The first-order valence-electron chi connectivity index (χ1n) is 5.06. The summed E-state index contributed by atoms with van der Waals surface area (Å²) in [6, 6.07) is 3.13. The van der Waals surface area contributed by atoms with E-state index >= 15 is 0 Å². The molecule has 1 N–H and O–H groups in total. The third kappa shape index (κ3) is 4.40. The third-order valence-electron chi connectivity index (χ3n) is 1.89. The first kappa shape index (κ1) is 12.6. The molecule has 0 fully saturated rings. The van der Waals surface area contributed by atoms with Gasteiger partial charge in [-0.15, -0.1) is 6.58 Å². The van der Waals surface area contributed by atoms with Gasteiger partial charge in [-0.05, 0) is 6.92 Å². The SMILES string of the molecule is C=CCNCC(C)Oc1cc(F)cc(F)c1. The van der Waals surface area contributed by atoms with E-state index in [2.05, 4.69) is 11.9 Å². The zero-order valence-corrected chi connectivity index (χ0v) is 9.17. The summed E-state index contributed by atoms with van der Waals surface area (Å²) in [6.07, 6.45) is 1.57. The molecule has 1 aromatic carbocycles. The van der Waals surface area contributed by atoms with Crippen LogP contribution in [0.1, 0.15) is 6.92 Å². The molecule has 0 heterocycles. The zero-order valence-electron chi connectivity index (χ0n) is 9.17. The Morgan fingerprint density at radius 1 is 1.38 bits per heavy atom. The van der Waals surface area contributed by atoms with Crippen molar-refractivity contribution in [1.29, 1.82) is 0 Å². The van der Waals surface area contributed by atoms with Crippen LogP contribution in [0.4, 0.5) is 8.78 Å². The quantitative estimate of drug-likeness (QED) is 0.595. The van der Waals surface area contributed by atoms with Crippen LogP contribution in [-0.2, 0) is 0 Å². The van der Waals surface area contributed by atoms with Gasteiger partial charge in [0.05, 0.1) is 0 Å². The molecule has 0 amide bonds. The van der Waals surface area contributed by atoms with Crippen molar-refractivity contribution in [3.8, 4) is 5.75 Å². The van der Waals surface area contributed by atoms with E-state index in [0.29, 0.717) is 13.1 Å². The van der Waals surface area contributed by atoms with Gasteiger partial charge in [0.15, 0.2) is 0 Å². The Kier molecular flexibility index (Phi) is 4.92. The van der Waals surface area contributed by atoms with E-state index in [1.807, 2.05) is 6.92 Å². The number of hydrogen-bond acceptors (Lipinski definition) is 2. The number of halogens is 2. The highest BCUT2D eigenvalue weighted by atomic mass is 19.1. The molecule has 1 rings (SSSR count). The summed E-state index contributed by atoms with van der Waals surface area (Å²) < 4.78 is 31.0. The summed E-state index contributed by atoms with van der Waals surface area (Å²) in [5.41, 5.74) is 0. The summed E-state index contributed by atoms with van der Waals surface area (Å²) in [6.45, 7) is 6.64. The zero-order chi connectivity index (χ0) is 12.0. The van der Waals surface area contributed by atoms with Gasteiger partial charge in [0.2, 0.25) is 0 Å². The predicted octanol–water partition coefficient (Wildman–Crippen LogP) is 2.51. The van der Waals surface area contributed by atoms with Crippen molar-refractivity contribution in [3.63, 3.8) is 0 Å². The van der Waals surface area contributed by atoms with Gasteiger partial charge in [-0.3, -0.25) is 0 Å². The smallest absolute Gasteiger partial charge is 0.129 e. The molecule has 0 aliphatic carbocycles. The Hall–Kier alpha value is -1.42. The lowest BCUT2D eigenvalue weighted by Gasteiger charge is -2.15. The van der Waals surface area contributed by atoms with Crippen LogP contribution in [0.2, 0.25) is 0 Å². The fraction of sp³-hybridized carbons (Fsp3) is 0.333. The number of hydrogen-bond donors (Lipinski definition) is 1. The van der Waals surface area contributed by atoms with E-state index in [9.17, 15) is 8.78 Å². The molecule has 0 aromatic heterocycles. The molecule has 1 atom stereocenters. The van der Waals surface area contributed by atoms with Crippen LogP contribution in [0.5, 0.6) is 5.75 Å². The third-order valence-corrected chi connectivity index (χ3v) is 1.89.